The van der Waals surface area contributed by atoms with E-state index in [1.54, 1.807) is 0 Å². The van der Waals surface area contributed by atoms with Crippen LogP contribution in [0.25, 0.3) is 0 Å². The summed E-state index contributed by atoms with van der Waals surface area (Å²) in [6.45, 7) is 1.75. The van der Waals surface area contributed by atoms with Gasteiger partial charge in [0, 0.05) is 24.5 Å². The molecule has 0 atom stereocenters. The number of carbonyl (C=O) groups is 1. The lowest BCUT2D eigenvalue weighted by molar-refractivity contribution is 0.239. The van der Waals surface area contributed by atoms with Crippen LogP contribution in [0, 0.1) is 0 Å². The van der Waals surface area contributed by atoms with Gasteiger partial charge in [-0.15, -0.1) is 10.2 Å². The van der Waals surface area contributed by atoms with Gasteiger partial charge >= 0.3 is 6.03 Å². The molecule has 2 heterocycles. The molecule has 0 radical (unpaired) electrons. The third-order valence-corrected chi connectivity index (χ3v) is 4.17. The fourth-order valence-corrected chi connectivity index (χ4v) is 2.94. The van der Waals surface area contributed by atoms with Gasteiger partial charge in [0.2, 0.25) is 0 Å². The van der Waals surface area contributed by atoms with Crippen LogP contribution in [0.1, 0.15) is 36.5 Å². The van der Waals surface area contributed by atoms with Gasteiger partial charge in [0.15, 0.2) is 5.82 Å². The monoisotopic (exact) mass is 333 g/mol. The number of aromatic nitrogens is 3. The second-order valence-corrected chi connectivity index (χ2v) is 6.10. The summed E-state index contributed by atoms with van der Waals surface area (Å²) in [5, 5.41) is 14.7. The normalized spacial score (nSPS) is 14.0. The van der Waals surface area contributed by atoms with Crippen molar-refractivity contribution in [2.75, 3.05) is 0 Å². The topological polar surface area (TPSA) is 71.8 Å². The molecule has 2 amide bonds. The Balaban J connectivity index is 1.50. The number of benzene rings is 1. The van der Waals surface area contributed by atoms with Crippen LogP contribution in [0.3, 0.4) is 0 Å². The Hall–Kier alpha value is -2.08. The molecule has 23 heavy (non-hydrogen) atoms. The second-order valence-electron chi connectivity index (χ2n) is 5.66. The highest BCUT2D eigenvalue weighted by Gasteiger charge is 2.14. The van der Waals surface area contributed by atoms with E-state index in [9.17, 15) is 4.79 Å². The van der Waals surface area contributed by atoms with E-state index >= 15 is 0 Å². The van der Waals surface area contributed by atoms with Crippen LogP contribution in [0.2, 0.25) is 5.02 Å². The van der Waals surface area contributed by atoms with Crippen molar-refractivity contribution >= 4 is 17.6 Å². The number of halogens is 1. The molecule has 0 fully saturated rings. The number of fused-ring (bicyclic) bond motifs is 1. The summed E-state index contributed by atoms with van der Waals surface area (Å²) in [6.07, 6.45) is 4.48. The van der Waals surface area contributed by atoms with Crippen molar-refractivity contribution in [2.24, 2.45) is 0 Å². The zero-order chi connectivity index (χ0) is 16.1. The van der Waals surface area contributed by atoms with Gasteiger partial charge < -0.3 is 15.2 Å². The molecule has 0 unspecified atom stereocenters. The maximum atomic E-state index is 11.9. The van der Waals surface area contributed by atoms with Crippen LogP contribution >= 0.6 is 11.6 Å². The number of carbonyl (C=O) groups excluding carboxylic acids is 1. The van der Waals surface area contributed by atoms with E-state index in [4.69, 9.17) is 11.6 Å². The van der Waals surface area contributed by atoms with E-state index in [2.05, 4.69) is 25.4 Å². The Labute approximate surface area is 140 Å². The van der Waals surface area contributed by atoms with Crippen LogP contribution in [-0.2, 0) is 26.1 Å². The predicted molar refractivity (Wildman–Crippen MR) is 88.1 cm³/mol. The maximum Gasteiger partial charge on any atom is 0.315 e. The number of hydrogen-bond acceptors (Lipinski definition) is 3. The second kappa shape index (κ2) is 7.46. The van der Waals surface area contributed by atoms with Crippen molar-refractivity contribution in [3.8, 4) is 0 Å². The molecule has 0 spiro atoms. The van der Waals surface area contributed by atoms with Crippen molar-refractivity contribution in [3.63, 3.8) is 0 Å². The molecule has 1 aromatic heterocycles. The van der Waals surface area contributed by atoms with Gasteiger partial charge in [0.05, 0.1) is 6.54 Å². The van der Waals surface area contributed by atoms with E-state index < -0.39 is 0 Å². The summed E-state index contributed by atoms with van der Waals surface area (Å²) in [6, 6.07) is 7.20. The molecule has 6 nitrogen and oxygen atoms in total. The molecule has 0 bridgehead atoms. The number of hydrogen-bond donors (Lipinski definition) is 2. The number of amides is 2. The molecular formula is C16H20ClN5O. The summed E-state index contributed by atoms with van der Waals surface area (Å²) in [5.41, 5.74) is 0.962. The molecular weight excluding hydrogens is 314 g/mol. The Kier molecular flexibility index (Phi) is 5.12. The average Bonchev–Trinajstić information content (AvgIpc) is 2.77. The van der Waals surface area contributed by atoms with Gasteiger partial charge in [-0.2, -0.15) is 0 Å². The number of aryl methyl sites for hydroxylation is 1. The van der Waals surface area contributed by atoms with Crippen molar-refractivity contribution < 1.29 is 4.79 Å². The van der Waals surface area contributed by atoms with E-state index in [-0.39, 0.29) is 6.03 Å². The maximum absolute atomic E-state index is 11.9. The zero-order valence-corrected chi connectivity index (χ0v) is 13.6. The number of rotatable bonds is 4. The van der Waals surface area contributed by atoms with Gasteiger partial charge in [0.25, 0.3) is 0 Å². The van der Waals surface area contributed by atoms with E-state index in [0.29, 0.717) is 18.1 Å². The first-order chi connectivity index (χ1) is 11.2. The highest BCUT2D eigenvalue weighted by Crippen LogP contribution is 2.14. The molecule has 0 saturated heterocycles. The molecule has 1 aromatic carbocycles. The Morgan fingerprint density at radius 2 is 2.04 bits per heavy atom. The summed E-state index contributed by atoms with van der Waals surface area (Å²) in [4.78, 5) is 11.9. The Morgan fingerprint density at radius 1 is 1.17 bits per heavy atom. The van der Waals surface area contributed by atoms with Crippen LogP contribution < -0.4 is 10.6 Å². The van der Waals surface area contributed by atoms with Crippen LogP contribution in [0.5, 0.6) is 0 Å². The van der Waals surface area contributed by atoms with E-state index in [1.165, 1.54) is 6.42 Å². The van der Waals surface area contributed by atoms with E-state index in [0.717, 1.165) is 43.0 Å². The van der Waals surface area contributed by atoms with Crippen molar-refractivity contribution in [2.45, 2.75) is 45.3 Å². The lowest BCUT2D eigenvalue weighted by atomic mass is 10.2. The van der Waals surface area contributed by atoms with Crippen LogP contribution in [-0.4, -0.2) is 20.8 Å². The lowest BCUT2D eigenvalue weighted by Crippen LogP contribution is -2.35. The van der Waals surface area contributed by atoms with E-state index in [1.807, 2.05) is 24.3 Å². The zero-order valence-electron chi connectivity index (χ0n) is 12.9. The first-order valence-corrected chi connectivity index (χ1v) is 8.27. The largest absolute Gasteiger partial charge is 0.334 e. The van der Waals surface area contributed by atoms with Gasteiger partial charge in [-0.1, -0.05) is 30.2 Å². The minimum absolute atomic E-state index is 0.226. The molecule has 0 aliphatic carbocycles. The SMILES string of the molecule is O=C(NCc1cccc(Cl)c1)NCc1nnc2n1CCCCC2. The third-order valence-electron chi connectivity index (χ3n) is 3.94. The summed E-state index contributed by atoms with van der Waals surface area (Å²) in [5.74, 6) is 1.85. The summed E-state index contributed by atoms with van der Waals surface area (Å²) >= 11 is 5.92. The standard InChI is InChI=1S/C16H20ClN5O/c17-13-6-4-5-12(9-13)10-18-16(23)19-11-15-21-20-14-7-2-1-3-8-22(14)15/h4-6,9H,1-3,7-8,10-11H2,(H2,18,19,23). The first-order valence-electron chi connectivity index (χ1n) is 7.89. The molecule has 122 valence electrons. The molecule has 2 N–H and O–H groups in total. The van der Waals surface area contributed by atoms with Gasteiger partial charge in [-0.3, -0.25) is 0 Å². The van der Waals surface area contributed by atoms with Crippen LogP contribution in [0.15, 0.2) is 24.3 Å². The number of nitrogens with one attached hydrogen (secondary N) is 2. The average molecular weight is 334 g/mol. The van der Waals surface area contributed by atoms with Crippen molar-refractivity contribution in [1.82, 2.24) is 25.4 Å². The molecule has 2 aromatic rings. The lowest BCUT2D eigenvalue weighted by Gasteiger charge is -2.09. The summed E-state index contributed by atoms with van der Waals surface area (Å²) in [7, 11) is 0. The highest BCUT2D eigenvalue weighted by molar-refractivity contribution is 6.30. The number of nitrogens with zero attached hydrogens (tertiary/aromatic N) is 3. The molecule has 7 heteroatoms. The van der Waals surface area contributed by atoms with Crippen molar-refractivity contribution in [1.29, 1.82) is 0 Å². The molecule has 0 saturated carbocycles. The van der Waals surface area contributed by atoms with Crippen LogP contribution in [0.4, 0.5) is 4.79 Å². The smallest absolute Gasteiger partial charge is 0.315 e. The van der Waals surface area contributed by atoms with Gasteiger partial charge in [-0.05, 0) is 30.5 Å². The minimum Gasteiger partial charge on any atom is -0.334 e. The van der Waals surface area contributed by atoms with Gasteiger partial charge in [-0.25, -0.2) is 4.79 Å². The number of urea groups is 1. The highest BCUT2D eigenvalue weighted by atomic mass is 35.5. The fourth-order valence-electron chi connectivity index (χ4n) is 2.73. The van der Waals surface area contributed by atoms with Gasteiger partial charge in [0.1, 0.15) is 5.82 Å². The first kappa shape index (κ1) is 15.8. The molecule has 1 aliphatic heterocycles. The quantitative estimate of drug-likeness (QED) is 0.903. The molecule has 3 rings (SSSR count). The fraction of sp³-hybridized carbons (Fsp3) is 0.438. The van der Waals surface area contributed by atoms with Crippen molar-refractivity contribution in [3.05, 3.63) is 46.5 Å². The predicted octanol–water partition coefficient (Wildman–Crippen LogP) is 2.66. The molecule has 1 aliphatic rings. The Morgan fingerprint density at radius 3 is 2.91 bits per heavy atom. The Bertz CT molecular complexity index is 685. The summed E-state index contributed by atoms with van der Waals surface area (Å²) < 4.78 is 2.13. The third kappa shape index (κ3) is 4.22. The minimum atomic E-state index is -0.226.